The number of hydrogen-bond acceptors (Lipinski definition) is 3. The highest BCUT2D eigenvalue weighted by atomic mass is 16.5. The molecule has 90 valence electrons. The predicted octanol–water partition coefficient (Wildman–Crippen LogP) is 2.63. The summed E-state index contributed by atoms with van der Waals surface area (Å²) in [6, 6.07) is 0. The van der Waals surface area contributed by atoms with E-state index in [1.165, 1.54) is 12.8 Å². The molecule has 0 aliphatic carbocycles. The summed E-state index contributed by atoms with van der Waals surface area (Å²) in [5, 5.41) is 0. The van der Waals surface area contributed by atoms with E-state index in [1.54, 1.807) is 0 Å². The molecule has 0 aliphatic heterocycles. The van der Waals surface area contributed by atoms with Crippen molar-refractivity contribution in [2.24, 2.45) is 5.73 Å². The standard InChI is InChI=1S/C12H25NO2/c1-4-7-8-9-10-12(13,5-2)11(14)15-6-3/h4-10,13H2,1-3H3/t12-/m0/s1. The molecule has 15 heavy (non-hydrogen) atoms. The Hall–Kier alpha value is -0.570. The van der Waals surface area contributed by atoms with Gasteiger partial charge >= 0.3 is 5.97 Å². The Kier molecular flexibility index (Phi) is 7.39. The monoisotopic (exact) mass is 215 g/mol. The molecule has 2 N–H and O–H groups in total. The van der Waals surface area contributed by atoms with Gasteiger partial charge in [0.05, 0.1) is 6.61 Å². The average Bonchev–Trinajstić information content (AvgIpc) is 2.24. The second-order valence-corrected chi connectivity index (χ2v) is 4.04. The van der Waals surface area contributed by atoms with Gasteiger partial charge in [0.2, 0.25) is 0 Å². The zero-order chi connectivity index (χ0) is 11.7. The molecule has 0 aromatic carbocycles. The number of carbonyl (C=O) groups excluding carboxylic acids is 1. The Bertz CT molecular complexity index is 182. The van der Waals surface area contributed by atoms with Crippen LogP contribution < -0.4 is 5.73 Å². The molecule has 0 unspecified atom stereocenters. The summed E-state index contributed by atoms with van der Waals surface area (Å²) in [5.74, 6) is -0.246. The fourth-order valence-corrected chi connectivity index (χ4v) is 1.57. The molecule has 0 saturated carbocycles. The van der Waals surface area contributed by atoms with Gasteiger partial charge in [-0.25, -0.2) is 0 Å². The SMILES string of the molecule is CCCCCC[C@@](N)(CC)C(=O)OCC. The van der Waals surface area contributed by atoms with E-state index in [2.05, 4.69) is 6.92 Å². The first kappa shape index (κ1) is 14.4. The van der Waals surface area contributed by atoms with Gasteiger partial charge in [-0.3, -0.25) is 4.79 Å². The van der Waals surface area contributed by atoms with Gasteiger partial charge in [0.15, 0.2) is 0 Å². The lowest BCUT2D eigenvalue weighted by Crippen LogP contribution is -2.48. The normalized spacial score (nSPS) is 14.7. The van der Waals surface area contributed by atoms with Crippen LogP contribution in [0.5, 0.6) is 0 Å². The molecule has 0 saturated heterocycles. The molecule has 3 heteroatoms. The van der Waals surface area contributed by atoms with Crippen LogP contribution in [0.15, 0.2) is 0 Å². The van der Waals surface area contributed by atoms with E-state index in [9.17, 15) is 4.79 Å². The summed E-state index contributed by atoms with van der Waals surface area (Å²) in [6.45, 7) is 6.33. The van der Waals surface area contributed by atoms with E-state index in [4.69, 9.17) is 10.5 Å². The van der Waals surface area contributed by atoms with E-state index >= 15 is 0 Å². The number of esters is 1. The lowest BCUT2D eigenvalue weighted by atomic mass is 9.90. The van der Waals surface area contributed by atoms with E-state index in [-0.39, 0.29) is 5.97 Å². The summed E-state index contributed by atoms with van der Waals surface area (Å²) in [6.07, 6.45) is 5.96. The fraction of sp³-hybridized carbons (Fsp3) is 0.917. The minimum Gasteiger partial charge on any atom is -0.465 e. The molecule has 1 atom stereocenters. The van der Waals surface area contributed by atoms with Crippen molar-refractivity contribution in [1.82, 2.24) is 0 Å². The van der Waals surface area contributed by atoms with Gasteiger partial charge in [0.25, 0.3) is 0 Å². The van der Waals surface area contributed by atoms with Crippen molar-refractivity contribution in [2.45, 2.75) is 64.8 Å². The highest BCUT2D eigenvalue weighted by Gasteiger charge is 2.32. The zero-order valence-corrected chi connectivity index (χ0v) is 10.3. The Morgan fingerprint density at radius 1 is 1.20 bits per heavy atom. The number of nitrogens with two attached hydrogens (primary N) is 1. The molecule has 0 aromatic heterocycles. The average molecular weight is 215 g/mol. The number of hydrogen-bond donors (Lipinski definition) is 1. The van der Waals surface area contributed by atoms with Crippen LogP contribution in [-0.4, -0.2) is 18.1 Å². The molecule has 0 aromatic rings. The summed E-state index contributed by atoms with van der Waals surface area (Å²) >= 11 is 0. The van der Waals surface area contributed by atoms with Crippen LogP contribution in [-0.2, 0) is 9.53 Å². The maximum Gasteiger partial charge on any atom is 0.326 e. The van der Waals surface area contributed by atoms with Crippen molar-refractivity contribution in [1.29, 1.82) is 0 Å². The van der Waals surface area contributed by atoms with Crippen molar-refractivity contribution in [3.8, 4) is 0 Å². The van der Waals surface area contributed by atoms with Crippen molar-refractivity contribution < 1.29 is 9.53 Å². The molecule has 0 spiro atoms. The maximum atomic E-state index is 11.6. The highest BCUT2D eigenvalue weighted by molar-refractivity contribution is 5.80. The predicted molar refractivity (Wildman–Crippen MR) is 62.6 cm³/mol. The van der Waals surface area contributed by atoms with Crippen molar-refractivity contribution in [2.75, 3.05) is 6.61 Å². The first-order valence-corrected chi connectivity index (χ1v) is 6.06. The molecular formula is C12H25NO2. The van der Waals surface area contributed by atoms with Gasteiger partial charge in [-0.2, -0.15) is 0 Å². The number of unbranched alkanes of at least 4 members (excludes halogenated alkanes) is 3. The second-order valence-electron chi connectivity index (χ2n) is 4.04. The van der Waals surface area contributed by atoms with Crippen LogP contribution >= 0.6 is 0 Å². The summed E-state index contributed by atoms with van der Waals surface area (Å²) in [4.78, 5) is 11.6. The second kappa shape index (κ2) is 7.69. The van der Waals surface area contributed by atoms with Crippen molar-refractivity contribution in [3.05, 3.63) is 0 Å². The molecule has 0 rings (SSSR count). The fourth-order valence-electron chi connectivity index (χ4n) is 1.57. The lowest BCUT2D eigenvalue weighted by molar-refractivity contribution is -0.150. The Morgan fingerprint density at radius 2 is 1.87 bits per heavy atom. The van der Waals surface area contributed by atoms with Crippen molar-refractivity contribution >= 4 is 5.97 Å². The quantitative estimate of drug-likeness (QED) is 0.500. The first-order chi connectivity index (χ1) is 7.10. The summed E-state index contributed by atoms with van der Waals surface area (Å²) in [7, 11) is 0. The van der Waals surface area contributed by atoms with E-state index < -0.39 is 5.54 Å². The van der Waals surface area contributed by atoms with Gasteiger partial charge in [-0.15, -0.1) is 0 Å². The van der Waals surface area contributed by atoms with Crippen LogP contribution in [0.25, 0.3) is 0 Å². The third kappa shape index (κ3) is 5.17. The molecule has 0 radical (unpaired) electrons. The van der Waals surface area contributed by atoms with Crippen LogP contribution in [0.4, 0.5) is 0 Å². The van der Waals surface area contributed by atoms with Crippen LogP contribution in [0.2, 0.25) is 0 Å². The molecule has 3 nitrogen and oxygen atoms in total. The Morgan fingerprint density at radius 3 is 2.33 bits per heavy atom. The largest absolute Gasteiger partial charge is 0.465 e. The minimum atomic E-state index is -0.760. The topological polar surface area (TPSA) is 52.3 Å². The summed E-state index contributed by atoms with van der Waals surface area (Å²) in [5.41, 5.74) is 5.27. The highest BCUT2D eigenvalue weighted by Crippen LogP contribution is 2.18. The minimum absolute atomic E-state index is 0.246. The third-order valence-corrected chi connectivity index (χ3v) is 2.79. The first-order valence-electron chi connectivity index (χ1n) is 6.06. The van der Waals surface area contributed by atoms with Gasteiger partial charge in [-0.05, 0) is 19.8 Å². The molecule has 0 aliphatic rings. The van der Waals surface area contributed by atoms with Gasteiger partial charge in [-0.1, -0.05) is 39.5 Å². The lowest BCUT2D eigenvalue weighted by Gasteiger charge is -2.25. The van der Waals surface area contributed by atoms with Gasteiger partial charge in [0, 0.05) is 0 Å². The third-order valence-electron chi connectivity index (χ3n) is 2.79. The Balaban J connectivity index is 4.00. The van der Waals surface area contributed by atoms with Crippen LogP contribution in [0, 0.1) is 0 Å². The van der Waals surface area contributed by atoms with Crippen molar-refractivity contribution in [3.63, 3.8) is 0 Å². The molecular weight excluding hydrogens is 190 g/mol. The van der Waals surface area contributed by atoms with E-state index in [0.29, 0.717) is 13.0 Å². The van der Waals surface area contributed by atoms with Crippen LogP contribution in [0.1, 0.15) is 59.3 Å². The van der Waals surface area contributed by atoms with Crippen LogP contribution in [0.3, 0.4) is 0 Å². The van der Waals surface area contributed by atoms with E-state index in [1.807, 2.05) is 13.8 Å². The molecule has 0 fully saturated rings. The number of carbonyl (C=O) groups is 1. The maximum absolute atomic E-state index is 11.6. The number of ether oxygens (including phenoxy) is 1. The van der Waals surface area contributed by atoms with Gasteiger partial charge < -0.3 is 10.5 Å². The number of rotatable bonds is 8. The molecule has 0 amide bonds. The van der Waals surface area contributed by atoms with E-state index in [0.717, 1.165) is 19.3 Å². The smallest absolute Gasteiger partial charge is 0.326 e. The molecule has 0 heterocycles. The van der Waals surface area contributed by atoms with Gasteiger partial charge in [0.1, 0.15) is 5.54 Å². The molecule has 0 bridgehead atoms. The summed E-state index contributed by atoms with van der Waals surface area (Å²) < 4.78 is 4.99. The Labute approximate surface area is 93.4 Å². The zero-order valence-electron chi connectivity index (χ0n) is 10.3.